The van der Waals surface area contributed by atoms with Gasteiger partial charge in [0.2, 0.25) is 0 Å². The quantitative estimate of drug-likeness (QED) is 0.820. The van der Waals surface area contributed by atoms with Crippen LogP contribution in [-0.4, -0.2) is 52.0 Å². The van der Waals surface area contributed by atoms with E-state index in [4.69, 9.17) is 4.74 Å². The topological polar surface area (TPSA) is 63.4 Å². The van der Waals surface area contributed by atoms with Crippen molar-refractivity contribution in [2.24, 2.45) is 7.05 Å². The largest absolute Gasteiger partial charge is 0.394 e. The van der Waals surface area contributed by atoms with Gasteiger partial charge in [0, 0.05) is 26.3 Å². The first-order valence-electron chi connectivity index (χ1n) is 6.03. The number of hydrogen-bond acceptors (Lipinski definition) is 5. The molecule has 1 aliphatic rings. The molecule has 2 aromatic heterocycles. The number of nitrogens with zero attached hydrogens (tertiary/aromatic N) is 4. The smallest absolute Gasteiger partial charge is 0.156 e. The van der Waals surface area contributed by atoms with E-state index < -0.39 is 0 Å². The van der Waals surface area contributed by atoms with Crippen molar-refractivity contribution in [3.8, 4) is 0 Å². The van der Waals surface area contributed by atoms with Crippen LogP contribution >= 0.6 is 0 Å². The average molecular weight is 248 g/mol. The van der Waals surface area contributed by atoms with Crippen molar-refractivity contribution in [1.82, 2.24) is 14.5 Å². The van der Waals surface area contributed by atoms with Crippen LogP contribution in [0, 0.1) is 0 Å². The van der Waals surface area contributed by atoms with Gasteiger partial charge < -0.3 is 19.3 Å². The lowest BCUT2D eigenvalue weighted by molar-refractivity contribution is 0.00343. The molecular weight excluding hydrogens is 232 g/mol. The summed E-state index contributed by atoms with van der Waals surface area (Å²) < 4.78 is 7.43. The molecule has 1 aliphatic heterocycles. The summed E-state index contributed by atoms with van der Waals surface area (Å²) in [6, 6.07) is 1.95. The third-order valence-corrected chi connectivity index (χ3v) is 3.27. The van der Waals surface area contributed by atoms with Gasteiger partial charge in [-0.1, -0.05) is 0 Å². The number of aliphatic hydroxyl groups excluding tert-OH is 1. The number of fused-ring (bicyclic) bond motifs is 1. The van der Waals surface area contributed by atoms with E-state index in [2.05, 4.69) is 14.9 Å². The number of anilines is 1. The number of pyridine rings is 1. The molecule has 1 unspecified atom stereocenters. The Morgan fingerprint density at radius 2 is 2.39 bits per heavy atom. The second-order valence-electron chi connectivity index (χ2n) is 4.48. The summed E-state index contributed by atoms with van der Waals surface area (Å²) in [5, 5.41) is 9.18. The summed E-state index contributed by atoms with van der Waals surface area (Å²) in [7, 11) is 1.97. The normalized spacial score (nSPS) is 20.6. The Kier molecular flexibility index (Phi) is 2.89. The molecule has 6 heteroatoms. The van der Waals surface area contributed by atoms with Crippen LogP contribution in [-0.2, 0) is 11.8 Å². The summed E-state index contributed by atoms with van der Waals surface area (Å²) in [4.78, 5) is 10.9. The maximum absolute atomic E-state index is 9.18. The predicted molar refractivity (Wildman–Crippen MR) is 67.5 cm³/mol. The minimum Gasteiger partial charge on any atom is -0.394 e. The Hall–Kier alpha value is -1.66. The van der Waals surface area contributed by atoms with Crippen molar-refractivity contribution in [2.45, 2.75) is 6.10 Å². The molecule has 18 heavy (non-hydrogen) atoms. The predicted octanol–water partition coefficient (Wildman–Crippen LogP) is 0.166. The molecule has 0 aromatic carbocycles. The van der Waals surface area contributed by atoms with Gasteiger partial charge in [0.1, 0.15) is 5.52 Å². The molecule has 6 nitrogen and oxygen atoms in total. The molecule has 0 saturated carbocycles. The Morgan fingerprint density at radius 3 is 3.22 bits per heavy atom. The van der Waals surface area contributed by atoms with Crippen molar-refractivity contribution >= 4 is 16.9 Å². The van der Waals surface area contributed by atoms with E-state index >= 15 is 0 Å². The summed E-state index contributed by atoms with van der Waals surface area (Å²) in [5.74, 6) is 0.870. The molecule has 1 fully saturated rings. The van der Waals surface area contributed by atoms with Gasteiger partial charge >= 0.3 is 0 Å². The van der Waals surface area contributed by atoms with Gasteiger partial charge in [-0.3, -0.25) is 0 Å². The van der Waals surface area contributed by atoms with Gasteiger partial charge in [-0.05, 0) is 6.07 Å². The monoisotopic (exact) mass is 248 g/mol. The van der Waals surface area contributed by atoms with E-state index in [9.17, 15) is 5.11 Å². The lowest BCUT2D eigenvalue weighted by Crippen LogP contribution is -2.44. The van der Waals surface area contributed by atoms with Gasteiger partial charge in [-0.15, -0.1) is 0 Å². The van der Waals surface area contributed by atoms with Gasteiger partial charge in [0.15, 0.2) is 5.82 Å². The molecule has 96 valence electrons. The second-order valence-corrected chi connectivity index (χ2v) is 4.48. The van der Waals surface area contributed by atoms with Crippen LogP contribution in [0.25, 0.3) is 11.0 Å². The first-order chi connectivity index (χ1) is 8.79. The number of rotatable bonds is 2. The fourth-order valence-electron chi connectivity index (χ4n) is 2.30. The van der Waals surface area contributed by atoms with Crippen LogP contribution < -0.4 is 4.90 Å². The Morgan fingerprint density at radius 1 is 1.50 bits per heavy atom. The van der Waals surface area contributed by atoms with E-state index in [0.29, 0.717) is 13.2 Å². The van der Waals surface area contributed by atoms with E-state index in [-0.39, 0.29) is 12.7 Å². The molecule has 1 saturated heterocycles. The maximum Gasteiger partial charge on any atom is 0.156 e. The average Bonchev–Trinajstić information content (AvgIpc) is 2.81. The zero-order chi connectivity index (χ0) is 12.5. The minimum atomic E-state index is -0.139. The lowest BCUT2D eigenvalue weighted by atomic mass is 10.2. The molecule has 0 aliphatic carbocycles. The molecule has 0 radical (unpaired) electrons. The number of aromatic nitrogens is 3. The van der Waals surface area contributed by atoms with Crippen LogP contribution in [0.3, 0.4) is 0 Å². The number of aryl methyl sites for hydroxylation is 1. The highest BCUT2D eigenvalue weighted by Gasteiger charge is 2.23. The Balaban J connectivity index is 1.98. The number of imidazole rings is 1. The first kappa shape index (κ1) is 11.4. The van der Waals surface area contributed by atoms with Crippen LogP contribution in [0.4, 0.5) is 5.82 Å². The standard InChI is InChI=1S/C12H16N4O2/c1-15-8-14-11-10(15)2-3-13-12(11)16-4-5-18-9(6-16)7-17/h2-3,8-9,17H,4-7H2,1H3. The highest BCUT2D eigenvalue weighted by Crippen LogP contribution is 2.24. The molecule has 0 bridgehead atoms. The molecule has 0 spiro atoms. The van der Waals surface area contributed by atoms with Gasteiger partial charge in [-0.25, -0.2) is 9.97 Å². The van der Waals surface area contributed by atoms with Gasteiger partial charge in [-0.2, -0.15) is 0 Å². The summed E-state index contributed by atoms with van der Waals surface area (Å²) in [5.41, 5.74) is 1.96. The maximum atomic E-state index is 9.18. The molecule has 3 rings (SSSR count). The summed E-state index contributed by atoms with van der Waals surface area (Å²) in [6.07, 6.45) is 3.45. The third kappa shape index (κ3) is 1.83. The zero-order valence-electron chi connectivity index (χ0n) is 10.3. The van der Waals surface area contributed by atoms with Crippen molar-refractivity contribution in [1.29, 1.82) is 0 Å². The summed E-state index contributed by atoms with van der Waals surface area (Å²) in [6.45, 7) is 2.07. The first-order valence-corrected chi connectivity index (χ1v) is 6.03. The number of morpholine rings is 1. The third-order valence-electron chi connectivity index (χ3n) is 3.27. The van der Waals surface area contributed by atoms with Crippen molar-refractivity contribution < 1.29 is 9.84 Å². The molecule has 1 N–H and O–H groups in total. The molecular formula is C12H16N4O2. The van der Waals surface area contributed by atoms with Crippen molar-refractivity contribution in [3.05, 3.63) is 18.6 Å². The van der Waals surface area contributed by atoms with Crippen molar-refractivity contribution in [2.75, 3.05) is 31.2 Å². The van der Waals surface area contributed by atoms with Crippen molar-refractivity contribution in [3.63, 3.8) is 0 Å². The van der Waals surface area contributed by atoms with Crippen LogP contribution in [0.1, 0.15) is 0 Å². The van der Waals surface area contributed by atoms with Crippen LogP contribution in [0.2, 0.25) is 0 Å². The number of aliphatic hydroxyl groups is 1. The van der Waals surface area contributed by atoms with Crippen LogP contribution in [0.15, 0.2) is 18.6 Å². The van der Waals surface area contributed by atoms with E-state index in [1.807, 2.05) is 17.7 Å². The van der Waals surface area contributed by atoms with E-state index in [1.165, 1.54) is 0 Å². The molecule has 2 aromatic rings. The van der Waals surface area contributed by atoms with Gasteiger partial charge in [0.05, 0.1) is 31.2 Å². The highest BCUT2D eigenvalue weighted by molar-refractivity contribution is 5.86. The molecule has 3 heterocycles. The summed E-state index contributed by atoms with van der Waals surface area (Å²) >= 11 is 0. The molecule has 0 amide bonds. The Labute approximate surface area is 105 Å². The second kappa shape index (κ2) is 4.55. The van der Waals surface area contributed by atoms with E-state index in [0.717, 1.165) is 23.4 Å². The SMILES string of the molecule is Cn1cnc2c(N3CCOC(CO)C3)nccc21. The Bertz CT molecular complexity index is 554. The highest BCUT2D eigenvalue weighted by atomic mass is 16.5. The zero-order valence-corrected chi connectivity index (χ0v) is 10.3. The fraction of sp³-hybridized carbons (Fsp3) is 0.500. The van der Waals surface area contributed by atoms with Gasteiger partial charge in [0.25, 0.3) is 0 Å². The fourth-order valence-corrected chi connectivity index (χ4v) is 2.30. The van der Waals surface area contributed by atoms with Crippen LogP contribution in [0.5, 0.6) is 0 Å². The lowest BCUT2D eigenvalue weighted by Gasteiger charge is -2.32. The van der Waals surface area contributed by atoms with E-state index in [1.54, 1.807) is 12.5 Å². The minimum absolute atomic E-state index is 0.0364. The number of ether oxygens (including phenoxy) is 1. The number of hydrogen-bond donors (Lipinski definition) is 1. The molecule has 1 atom stereocenters.